The Balaban J connectivity index is 1.19. The number of aromatic hydroxyl groups is 2. The zero-order chi connectivity index (χ0) is 60.6. The summed E-state index contributed by atoms with van der Waals surface area (Å²) in [6.45, 7) is 2.18. The Bertz CT molecular complexity index is 5010. The topological polar surface area (TPSA) is 535 Å². The number of rotatable bonds is 18. The van der Waals surface area contributed by atoms with Crippen molar-refractivity contribution in [1.82, 2.24) is 14.8 Å². The first kappa shape index (κ1) is 60.6. The Kier molecular flexibility index (Phi) is 15.8. The first-order valence-electron chi connectivity index (χ1n) is 21.7. The monoisotopic (exact) mass is 1290 g/mol. The first-order valence-corrected chi connectivity index (χ1v) is 32.7. The molecule has 0 radical (unpaired) electrons. The molecule has 8 aromatic rings. The number of phenolic OH excluding ortho intramolecular Hbond substituents is 1. The van der Waals surface area contributed by atoms with Gasteiger partial charge in [-0.1, -0.05) is 17.4 Å². The second-order valence-corrected chi connectivity index (χ2v) is 27.7. The van der Waals surface area contributed by atoms with Crippen LogP contribution in [0, 0.1) is 13.8 Å². The van der Waals surface area contributed by atoms with Crippen molar-refractivity contribution in [2.45, 2.75) is 49.6 Å². The summed E-state index contributed by atoms with van der Waals surface area (Å²) in [5.74, 6) is -3.20. The molecule has 41 heteroatoms. The lowest BCUT2D eigenvalue weighted by Crippen LogP contribution is -2.08. The van der Waals surface area contributed by atoms with Gasteiger partial charge in [-0.3, -0.25) is 31.9 Å². The molecule has 0 bridgehead atoms. The third-order valence-corrected chi connectivity index (χ3v) is 18.6. The number of fused-ring (bicyclic) bond motifs is 3. The van der Waals surface area contributed by atoms with Gasteiger partial charge in [0.05, 0.1) is 44.5 Å². The zero-order valence-corrected chi connectivity index (χ0v) is 47.0. The number of ether oxygens (including phenoxy) is 1. The predicted octanol–water partition coefficient (Wildman–Crippen LogP) is 7.20. The van der Waals surface area contributed by atoms with Gasteiger partial charge in [-0.2, -0.15) is 68.7 Å². The first-order chi connectivity index (χ1) is 37.7. The maximum absolute atomic E-state index is 13.1. The van der Waals surface area contributed by atoms with E-state index in [1.165, 1.54) is 19.9 Å². The van der Waals surface area contributed by atoms with Crippen LogP contribution < -0.4 is 4.74 Å². The molecule has 0 aliphatic carbocycles. The molecule has 6 aromatic carbocycles. The second kappa shape index (κ2) is 21.4. The largest absolute Gasteiger partial charge is 0.505 e. The molecule has 0 saturated heterocycles. The van der Waals surface area contributed by atoms with Crippen molar-refractivity contribution in [2.24, 2.45) is 30.7 Å². The third kappa shape index (κ3) is 12.8. The van der Waals surface area contributed by atoms with Gasteiger partial charge in [-0.25, -0.2) is 4.98 Å². The van der Waals surface area contributed by atoms with E-state index < -0.39 is 157 Å². The molecule has 0 atom stereocenters. The summed E-state index contributed by atoms with van der Waals surface area (Å²) < 4.78 is 246. The normalized spacial score (nSPS) is 13.5. The quantitative estimate of drug-likeness (QED) is 0.0233. The highest BCUT2D eigenvalue weighted by atomic mass is 32.2. The number of thiazole rings is 1. The van der Waals surface area contributed by atoms with E-state index in [4.69, 9.17) is 4.74 Å². The number of benzene rings is 6. The van der Waals surface area contributed by atoms with Gasteiger partial charge in [-0.05, 0) is 91.9 Å². The minimum absolute atomic E-state index is 0.100. The molecule has 0 unspecified atom stereocenters. The average molecular weight is 1290 g/mol. The smallest absolute Gasteiger partial charge is 0.297 e. The molecule has 0 amide bonds. The SMILES string of the molecule is Cc1cc(N=Nc2c(S(=O)(=O)O)cc3c(S(=O)(=O)O)c(N=Nc4c(C)nn(-c5ccc6c(S(=O)(=O)O)cc(S(=O)(=O)O)cc6c5)c4O)ccc3c2O)c(OCCCS(=O)(=O)O)cc1N=Nc1nc2ccc(S(=O)(=O)O)c(S(=O)(=O)O)c2s1. The molecule has 0 fully saturated rings. The third-order valence-electron chi connectivity index (χ3n) is 11.2. The van der Waals surface area contributed by atoms with E-state index in [0.29, 0.717) is 29.5 Å². The standard InChI is InChI=1S/C41H33N9O24S8/c1-18-12-29(30(74-10-3-11-76(53,54)55)17-28(18)44-48-41-42-26-8-9-31(78(59,60)61)39(37(26)75-41)82(71,72)73)45-47-35-33(80(65,66)67)16-25-24(36(35)51)6-7-27(38(25)81(68,69)70)43-46-34-19(2)49-50(40(34)52)21-4-5-23-20(13-21)14-22(77(56,57)58)15-32(23)79(62,63)64/h4-9,12-17,51-52H,3,10-11H2,1-2H3,(H,53,54,55)(H,56,57,58)(H,59,60,61)(H,62,63,64)(H,65,66,67)(H,68,69,70)(H,71,72,73). The molecular weight excluding hydrogens is 1260 g/mol. The van der Waals surface area contributed by atoms with E-state index in [2.05, 4.69) is 40.8 Å². The summed E-state index contributed by atoms with van der Waals surface area (Å²) in [6.07, 6.45) is -0.353. The highest BCUT2D eigenvalue weighted by molar-refractivity contribution is 7.89. The molecule has 434 valence electrons. The van der Waals surface area contributed by atoms with Crippen molar-refractivity contribution in [3.8, 4) is 23.1 Å². The number of nitrogens with zero attached hydrogens (tertiary/aromatic N) is 9. The molecule has 0 saturated carbocycles. The lowest BCUT2D eigenvalue weighted by Gasteiger charge is -2.13. The molecule has 2 heterocycles. The van der Waals surface area contributed by atoms with Crippen LogP contribution in [0.15, 0.2) is 133 Å². The van der Waals surface area contributed by atoms with Crippen molar-refractivity contribution >= 4 is 147 Å². The fourth-order valence-electron chi connectivity index (χ4n) is 7.74. The summed E-state index contributed by atoms with van der Waals surface area (Å²) in [7, 11) is -36.2. The Labute approximate surface area is 464 Å². The van der Waals surface area contributed by atoms with Crippen LogP contribution in [0.2, 0.25) is 0 Å². The molecule has 82 heavy (non-hydrogen) atoms. The van der Waals surface area contributed by atoms with Gasteiger partial charge in [0, 0.05) is 22.2 Å². The van der Waals surface area contributed by atoms with Crippen molar-refractivity contribution in [1.29, 1.82) is 0 Å². The number of phenols is 1. The fourth-order valence-corrected chi connectivity index (χ4v) is 14.3. The van der Waals surface area contributed by atoms with E-state index in [1.807, 2.05) is 0 Å². The number of hydrogen-bond donors (Lipinski definition) is 9. The van der Waals surface area contributed by atoms with E-state index in [1.54, 1.807) is 0 Å². The Hall–Kier alpha value is -7.49. The van der Waals surface area contributed by atoms with Crippen LogP contribution in [-0.4, -0.2) is 128 Å². The van der Waals surface area contributed by atoms with Gasteiger partial charge in [0.15, 0.2) is 11.4 Å². The number of aryl methyl sites for hydroxylation is 2. The summed E-state index contributed by atoms with van der Waals surface area (Å²) in [4.78, 5) is -2.74. The minimum atomic E-state index is -5.58. The molecular formula is C41H33N9O24S8. The number of azo groups is 3. The van der Waals surface area contributed by atoms with Crippen LogP contribution in [0.3, 0.4) is 0 Å². The highest BCUT2D eigenvalue weighted by Gasteiger charge is 2.31. The lowest BCUT2D eigenvalue weighted by atomic mass is 10.1. The van der Waals surface area contributed by atoms with Crippen molar-refractivity contribution in [2.75, 3.05) is 12.4 Å². The van der Waals surface area contributed by atoms with E-state index in [0.717, 1.165) is 53.2 Å². The van der Waals surface area contributed by atoms with Gasteiger partial charge in [-0.15, -0.1) is 30.7 Å². The van der Waals surface area contributed by atoms with Crippen molar-refractivity contribution in [3.05, 3.63) is 84.1 Å². The van der Waals surface area contributed by atoms with E-state index in [9.17, 15) is 101 Å². The molecule has 0 spiro atoms. The fraction of sp³-hybridized carbons (Fsp3) is 0.122. The second-order valence-electron chi connectivity index (χ2n) is 16.9. The van der Waals surface area contributed by atoms with Gasteiger partial charge < -0.3 is 14.9 Å². The maximum atomic E-state index is 13.1. The van der Waals surface area contributed by atoms with Crippen LogP contribution in [0.5, 0.6) is 17.4 Å². The Morgan fingerprint density at radius 3 is 1.77 bits per heavy atom. The molecule has 9 N–H and O–H groups in total. The molecule has 0 aliphatic heterocycles. The van der Waals surface area contributed by atoms with Gasteiger partial charge in [0.2, 0.25) is 11.0 Å². The summed E-state index contributed by atoms with van der Waals surface area (Å²) >= 11 is 0.421. The van der Waals surface area contributed by atoms with Crippen LogP contribution >= 0.6 is 11.3 Å². The van der Waals surface area contributed by atoms with E-state index in [-0.39, 0.29) is 61.9 Å². The van der Waals surface area contributed by atoms with Crippen LogP contribution in [0.4, 0.5) is 33.6 Å². The highest BCUT2D eigenvalue weighted by Crippen LogP contribution is 2.47. The zero-order valence-electron chi connectivity index (χ0n) is 40.5. The predicted molar refractivity (Wildman–Crippen MR) is 282 cm³/mol. The van der Waals surface area contributed by atoms with E-state index >= 15 is 0 Å². The molecule has 8 rings (SSSR count). The summed E-state index contributed by atoms with van der Waals surface area (Å²) in [5, 5.41) is 48.1. The molecule has 2 aromatic heterocycles. The number of aromatic nitrogens is 3. The summed E-state index contributed by atoms with van der Waals surface area (Å²) in [6, 6.07) is 10.9. The number of hydrogen-bond acceptors (Lipinski definition) is 26. The molecule has 33 nitrogen and oxygen atoms in total. The lowest BCUT2D eigenvalue weighted by molar-refractivity contribution is 0.317. The van der Waals surface area contributed by atoms with Gasteiger partial charge in [0.25, 0.3) is 70.8 Å². The minimum Gasteiger partial charge on any atom is -0.505 e. The molecule has 0 aliphatic rings. The Morgan fingerprint density at radius 1 is 0.549 bits per heavy atom. The maximum Gasteiger partial charge on any atom is 0.297 e. The van der Waals surface area contributed by atoms with Crippen LogP contribution in [0.1, 0.15) is 17.7 Å². The van der Waals surface area contributed by atoms with Crippen molar-refractivity contribution in [3.63, 3.8) is 0 Å². The van der Waals surface area contributed by atoms with Crippen LogP contribution in [0.25, 0.3) is 37.4 Å². The summed E-state index contributed by atoms with van der Waals surface area (Å²) in [5.41, 5.74) is -3.14. The van der Waals surface area contributed by atoms with Crippen molar-refractivity contribution < 1.29 is 106 Å². The van der Waals surface area contributed by atoms with Gasteiger partial charge >= 0.3 is 0 Å². The van der Waals surface area contributed by atoms with Crippen LogP contribution in [-0.2, 0) is 70.8 Å². The van der Waals surface area contributed by atoms with Gasteiger partial charge in [0.1, 0.15) is 47.3 Å². The Morgan fingerprint density at radius 2 is 1.16 bits per heavy atom. The average Bonchev–Trinajstić information content (AvgIpc) is 1.60.